The number of methoxy groups -OCH3 is 1. The van der Waals surface area contributed by atoms with Crippen molar-refractivity contribution in [3.8, 4) is 0 Å². The summed E-state index contributed by atoms with van der Waals surface area (Å²) >= 11 is 1.24. The number of carbonyl (C=O) groups excluding carboxylic acids is 2. The molecule has 1 amide bonds. The summed E-state index contributed by atoms with van der Waals surface area (Å²) in [6, 6.07) is 1.68. The van der Waals surface area contributed by atoms with Crippen molar-refractivity contribution in [1.29, 1.82) is 0 Å². The Balaban J connectivity index is 2.44. The molecule has 0 bridgehead atoms. The third kappa shape index (κ3) is 4.46. The molecule has 0 aromatic carbocycles. The van der Waals surface area contributed by atoms with Gasteiger partial charge in [-0.2, -0.15) is 0 Å². The Morgan fingerprint density at radius 2 is 2.17 bits per heavy atom. The minimum absolute atomic E-state index is 0.172. The van der Waals surface area contributed by atoms with Crippen LogP contribution in [0.15, 0.2) is 11.4 Å². The first-order chi connectivity index (χ1) is 8.69. The van der Waals surface area contributed by atoms with Gasteiger partial charge in [0, 0.05) is 6.61 Å². The Labute approximate surface area is 110 Å². The molecule has 100 valence electrons. The third-order valence-corrected chi connectivity index (χ3v) is 3.03. The van der Waals surface area contributed by atoms with Gasteiger partial charge in [-0.15, -0.1) is 11.3 Å². The molecule has 0 aliphatic heterocycles. The average molecular weight is 271 g/mol. The average Bonchev–Trinajstić information content (AvgIpc) is 2.82. The van der Waals surface area contributed by atoms with Crippen molar-refractivity contribution < 1.29 is 19.1 Å². The van der Waals surface area contributed by atoms with E-state index in [1.165, 1.54) is 18.4 Å². The lowest BCUT2D eigenvalue weighted by atomic mass is 10.3. The molecule has 1 aromatic rings. The van der Waals surface area contributed by atoms with Gasteiger partial charge >= 0.3 is 5.97 Å². The van der Waals surface area contributed by atoms with E-state index < -0.39 is 5.97 Å². The third-order valence-electron chi connectivity index (χ3n) is 2.13. The second kappa shape index (κ2) is 7.84. The van der Waals surface area contributed by atoms with Gasteiger partial charge in [0.25, 0.3) is 0 Å². The number of ether oxygens (including phenoxy) is 2. The predicted molar refractivity (Wildman–Crippen MR) is 70.0 cm³/mol. The van der Waals surface area contributed by atoms with Crippen molar-refractivity contribution in [3.05, 3.63) is 16.3 Å². The largest absolute Gasteiger partial charge is 0.465 e. The summed E-state index contributed by atoms with van der Waals surface area (Å²) in [7, 11) is 1.31. The van der Waals surface area contributed by atoms with Gasteiger partial charge in [0.05, 0.1) is 25.8 Å². The summed E-state index contributed by atoms with van der Waals surface area (Å²) in [4.78, 5) is 23.4. The number of hydrogen-bond acceptors (Lipinski definition) is 5. The van der Waals surface area contributed by atoms with Crippen LogP contribution in [0.5, 0.6) is 0 Å². The van der Waals surface area contributed by atoms with Crippen molar-refractivity contribution >= 4 is 28.9 Å². The molecular weight excluding hydrogens is 254 g/mol. The first-order valence-corrected chi connectivity index (χ1v) is 6.60. The van der Waals surface area contributed by atoms with Gasteiger partial charge < -0.3 is 14.8 Å². The van der Waals surface area contributed by atoms with E-state index in [4.69, 9.17) is 4.74 Å². The fourth-order valence-electron chi connectivity index (χ4n) is 1.28. The fourth-order valence-corrected chi connectivity index (χ4v) is 2.05. The Morgan fingerprint density at radius 1 is 1.39 bits per heavy atom. The highest BCUT2D eigenvalue weighted by Crippen LogP contribution is 2.23. The number of esters is 1. The van der Waals surface area contributed by atoms with E-state index in [1.54, 1.807) is 11.4 Å². The lowest BCUT2D eigenvalue weighted by molar-refractivity contribution is -0.117. The maximum Gasteiger partial charge on any atom is 0.350 e. The summed E-state index contributed by atoms with van der Waals surface area (Å²) in [5.74, 6) is -0.614. The number of hydrogen-bond donors (Lipinski definition) is 1. The monoisotopic (exact) mass is 271 g/mol. The summed E-state index contributed by atoms with van der Waals surface area (Å²) in [6.07, 6.45) is 1.20. The maximum absolute atomic E-state index is 11.6. The van der Waals surface area contributed by atoms with Crippen LogP contribution in [0.1, 0.15) is 29.4 Å². The van der Waals surface area contributed by atoms with E-state index in [2.05, 4.69) is 10.1 Å². The van der Waals surface area contributed by atoms with Gasteiger partial charge in [0.1, 0.15) is 4.88 Å². The van der Waals surface area contributed by atoms with Crippen LogP contribution >= 0.6 is 11.3 Å². The molecule has 0 spiro atoms. The molecule has 0 fully saturated rings. The lowest BCUT2D eigenvalue weighted by Crippen LogP contribution is -2.15. The smallest absolute Gasteiger partial charge is 0.350 e. The predicted octanol–water partition coefficient (Wildman–Crippen LogP) is 2.29. The van der Waals surface area contributed by atoms with Crippen LogP contribution in [-0.4, -0.2) is 32.2 Å². The van der Waals surface area contributed by atoms with Crippen molar-refractivity contribution in [2.45, 2.75) is 19.8 Å². The maximum atomic E-state index is 11.6. The molecule has 0 saturated heterocycles. The molecule has 1 heterocycles. The van der Waals surface area contributed by atoms with Gasteiger partial charge in [-0.1, -0.05) is 6.92 Å². The first-order valence-electron chi connectivity index (χ1n) is 5.72. The van der Waals surface area contributed by atoms with Gasteiger partial charge in [-0.25, -0.2) is 4.79 Å². The molecule has 1 N–H and O–H groups in total. The highest BCUT2D eigenvalue weighted by molar-refractivity contribution is 7.12. The fraction of sp³-hybridized carbons (Fsp3) is 0.500. The van der Waals surface area contributed by atoms with Crippen LogP contribution in [-0.2, 0) is 14.3 Å². The number of rotatable bonds is 7. The lowest BCUT2D eigenvalue weighted by Gasteiger charge is -2.05. The zero-order chi connectivity index (χ0) is 13.4. The molecule has 0 unspecified atom stereocenters. The minimum atomic E-state index is -0.442. The molecule has 0 saturated carbocycles. The molecular formula is C12H17NO4S. The normalized spacial score (nSPS) is 10.1. The number of thiophene rings is 1. The Kier molecular flexibility index (Phi) is 6.38. The first kappa shape index (κ1) is 14.7. The molecule has 5 nitrogen and oxygen atoms in total. The standard InChI is InChI=1S/C12H17NO4S/c1-3-6-17-7-4-10(14)13-9-5-8-18-11(9)12(15)16-2/h5,8H,3-4,6-7H2,1-2H3,(H,13,14). The Hall–Kier alpha value is -1.40. The second-order valence-corrected chi connectivity index (χ2v) is 4.48. The van der Waals surface area contributed by atoms with E-state index in [0.717, 1.165) is 6.42 Å². The van der Waals surface area contributed by atoms with Crippen LogP contribution in [0.2, 0.25) is 0 Å². The zero-order valence-electron chi connectivity index (χ0n) is 10.5. The topological polar surface area (TPSA) is 64.6 Å². The second-order valence-electron chi connectivity index (χ2n) is 3.57. The summed E-state index contributed by atoms with van der Waals surface area (Å²) in [5.41, 5.74) is 0.493. The molecule has 1 aromatic heterocycles. The number of anilines is 1. The van der Waals surface area contributed by atoms with Gasteiger partial charge in [-0.3, -0.25) is 4.79 Å². The van der Waals surface area contributed by atoms with Crippen molar-refractivity contribution in [2.24, 2.45) is 0 Å². The van der Waals surface area contributed by atoms with E-state index in [0.29, 0.717) is 23.8 Å². The van der Waals surface area contributed by atoms with Crippen LogP contribution in [0.4, 0.5) is 5.69 Å². The van der Waals surface area contributed by atoms with Crippen LogP contribution in [0, 0.1) is 0 Å². The summed E-state index contributed by atoms with van der Waals surface area (Å²) in [5, 5.41) is 4.40. The SMILES string of the molecule is CCCOCCC(=O)Nc1ccsc1C(=O)OC. The molecule has 1 rings (SSSR count). The number of nitrogens with one attached hydrogen (secondary N) is 1. The van der Waals surface area contributed by atoms with Crippen molar-refractivity contribution in [2.75, 3.05) is 25.6 Å². The summed E-state index contributed by atoms with van der Waals surface area (Å²) < 4.78 is 9.85. The zero-order valence-corrected chi connectivity index (χ0v) is 11.3. The molecule has 18 heavy (non-hydrogen) atoms. The molecule has 0 atom stereocenters. The van der Waals surface area contributed by atoms with E-state index in [9.17, 15) is 9.59 Å². The van der Waals surface area contributed by atoms with E-state index >= 15 is 0 Å². The van der Waals surface area contributed by atoms with Gasteiger partial charge in [-0.05, 0) is 17.9 Å². The molecule has 0 aliphatic carbocycles. The molecule has 6 heteroatoms. The summed E-state index contributed by atoms with van der Waals surface area (Å²) in [6.45, 7) is 3.05. The Morgan fingerprint density at radius 3 is 2.83 bits per heavy atom. The van der Waals surface area contributed by atoms with Gasteiger partial charge in [0.15, 0.2) is 0 Å². The quantitative estimate of drug-likeness (QED) is 0.610. The highest BCUT2D eigenvalue weighted by Gasteiger charge is 2.15. The number of carbonyl (C=O) groups is 2. The van der Waals surface area contributed by atoms with Crippen LogP contribution < -0.4 is 5.32 Å². The van der Waals surface area contributed by atoms with Crippen LogP contribution in [0.25, 0.3) is 0 Å². The number of amides is 1. The molecule has 0 aliphatic rings. The Bertz CT molecular complexity index is 403. The van der Waals surface area contributed by atoms with Crippen molar-refractivity contribution in [3.63, 3.8) is 0 Å². The molecule has 0 radical (unpaired) electrons. The van der Waals surface area contributed by atoms with E-state index in [-0.39, 0.29) is 12.3 Å². The minimum Gasteiger partial charge on any atom is -0.465 e. The highest BCUT2D eigenvalue weighted by atomic mass is 32.1. The van der Waals surface area contributed by atoms with Crippen LogP contribution in [0.3, 0.4) is 0 Å². The van der Waals surface area contributed by atoms with Gasteiger partial charge in [0.2, 0.25) is 5.91 Å². The van der Waals surface area contributed by atoms with Crippen molar-refractivity contribution in [1.82, 2.24) is 0 Å². The van der Waals surface area contributed by atoms with E-state index in [1.807, 2.05) is 6.92 Å².